The summed E-state index contributed by atoms with van der Waals surface area (Å²) in [7, 11) is 0. The molecule has 2 rings (SSSR count). The third-order valence-corrected chi connectivity index (χ3v) is 3.98. The topological polar surface area (TPSA) is 67.4 Å². The fourth-order valence-corrected chi connectivity index (χ4v) is 2.42. The summed E-state index contributed by atoms with van der Waals surface area (Å²) in [6.07, 6.45) is 1.11. The number of ether oxygens (including phenoxy) is 1. The Morgan fingerprint density at radius 2 is 1.73 bits per heavy atom. The largest absolute Gasteiger partial charge is 0.481 e. The molecule has 5 nitrogen and oxygen atoms in total. The van der Waals surface area contributed by atoms with E-state index in [-0.39, 0.29) is 11.8 Å². The molecule has 1 unspecified atom stereocenters. The molecule has 0 spiro atoms. The number of aryl methyl sites for hydroxylation is 1. The van der Waals surface area contributed by atoms with Gasteiger partial charge in [0, 0.05) is 6.54 Å². The van der Waals surface area contributed by atoms with Crippen molar-refractivity contribution in [2.75, 3.05) is 11.9 Å². The summed E-state index contributed by atoms with van der Waals surface area (Å²) < 4.78 is 5.70. The highest BCUT2D eigenvalue weighted by molar-refractivity contribution is 6.04. The number of hydrogen-bond acceptors (Lipinski definition) is 3. The van der Waals surface area contributed by atoms with Crippen LogP contribution in [-0.2, 0) is 11.2 Å². The number of para-hydroxylation sites is 1. The quantitative estimate of drug-likeness (QED) is 0.758. The van der Waals surface area contributed by atoms with Gasteiger partial charge in [-0.15, -0.1) is 0 Å². The van der Waals surface area contributed by atoms with Crippen molar-refractivity contribution in [3.05, 3.63) is 59.7 Å². The zero-order chi connectivity index (χ0) is 18.9. The van der Waals surface area contributed by atoms with Gasteiger partial charge >= 0.3 is 0 Å². The fraction of sp³-hybridized carbons (Fsp3) is 0.333. The van der Waals surface area contributed by atoms with E-state index in [2.05, 4.69) is 17.6 Å². The van der Waals surface area contributed by atoms with Crippen LogP contribution in [0.3, 0.4) is 0 Å². The monoisotopic (exact) mass is 354 g/mol. The summed E-state index contributed by atoms with van der Waals surface area (Å²) in [5, 5.41) is 5.61. The predicted molar refractivity (Wildman–Crippen MR) is 104 cm³/mol. The lowest BCUT2D eigenvalue weighted by Crippen LogP contribution is -2.32. The molecule has 2 aromatic carbocycles. The second-order valence-corrected chi connectivity index (χ2v) is 6.05. The molecule has 2 N–H and O–H groups in total. The van der Waals surface area contributed by atoms with Crippen molar-refractivity contribution in [3.8, 4) is 5.75 Å². The molecule has 0 aliphatic heterocycles. The first kappa shape index (κ1) is 19.5. The Labute approximate surface area is 154 Å². The van der Waals surface area contributed by atoms with Crippen LogP contribution in [0.4, 0.5) is 5.69 Å². The highest BCUT2D eigenvalue weighted by Crippen LogP contribution is 2.18. The van der Waals surface area contributed by atoms with Gasteiger partial charge in [0.05, 0.1) is 11.3 Å². The van der Waals surface area contributed by atoms with Crippen molar-refractivity contribution in [1.82, 2.24) is 5.32 Å². The maximum atomic E-state index is 12.5. The first-order valence-electron chi connectivity index (χ1n) is 8.98. The van der Waals surface area contributed by atoms with Crippen LogP contribution in [0.1, 0.15) is 43.1 Å². The zero-order valence-corrected chi connectivity index (χ0v) is 15.5. The number of carbonyl (C=O) groups excluding carboxylic acids is 2. The first-order chi connectivity index (χ1) is 12.5. The minimum absolute atomic E-state index is 0.202. The zero-order valence-electron chi connectivity index (χ0n) is 15.5. The van der Waals surface area contributed by atoms with Gasteiger partial charge in [0.25, 0.3) is 11.8 Å². The van der Waals surface area contributed by atoms with Gasteiger partial charge in [-0.1, -0.05) is 38.1 Å². The van der Waals surface area contributed by atoms with E-state index in [0.29, 0.717) is 23.5 Å². The van der Waals surface area contributed by atoms with Gasteiger partial charge < -0.3 is 15.4 Å². The maximum Gasteiger partial charge on any atom is 0.265 e. The Bertz CT molecular complexity index is 741. The molecular formula is C21H26N2O3. The lowest BCUT2D eigenvalue weighted by Gasteiger charge is -2.16. The molecule has 0 saturated carbocycles. The van der Waals surface area contributed by atoms with Crippen LogP contribution in [0, 0.1) is 0 Å². The highest BCUT2D eigenvalue weighted by Gasteiger charge is 2.18. The summed E-state index contributed by atoms with van der Waals surface area (Å²) in [4.78, 5) is 24.7. The van der Waals surface area contributed by atoms with Crippen molar-refractivity contribution >= 4 is 17.5 Å². The fourth-order valence-electron chi connectivity index (χ4n) is 2.42. The smallest absolute Gasteiger partial charge is 0.265 e. The first-order valence-corrected chi connectivity index (χ1v) is 8.98. The average Bonchev–Trinajstić information content (AvgIpc) is 2.67. The molecule has 2 amide bonds. The molecule has 1 atom stereocenters. The Hall–Kier alpha value is -2.82. The molecule has 0 saturated heterocycles. The van der Waals surface area contributed by atoms with Crippen LogP contribution in [0.2, 0.25) is 0 Å². The van der Waals surface area contributed by atoms with Gasteiger partial charge in [-0.25, -0.2) is 0 Å². The number of carbonyl (C=O) groups is 2. The van der Waals surface area contributed by atoms with E-state index in [1.54, 1.807) is 31.2 Å². The standard InChI is InChI=1S/C21H26N2O3/c1-4-14-22-21(25)18-8-6-7-9-19(18)23-20(24)15(3)26-17-12-10-16(5-2)11-13-17/h6-13,15H,4-5,14H2,1-3H3,(H,22,25)(H,23,24). The summed E-state index contributed by atoms with van der Waals surface area (Å²) in [6, 6.07) is 14.6. The van der Waals surface area contributed by atoms with Crippen LogP contribution < -0.4 is 15.4 Å². The van der Waals surface area contributed by atoms with Crippen molar-refractivity contribution < 1.29 is 14.3 Å². The molecular weight excluding hydrogens is 328 g/mol. The molecule has 0 aromatic heterocycles. The molecule has 0 aliphatic carbocycles. The lowest BCUT2D eigenvalue weighted by atomic mass is 10.1. The second kappa shape index (κ2) is 9.61. The van der Waals surface area contributed by atoms with E-state index < -0.39 is 6.10 Å². The Morgan fingerprint density at radius 1 is 1.04 bits per heavy atom. The van der Waals surface area contributed by atoms with Crippen LogP contribution in [-0.4, -0.2) is 24.5 Å². The van der Waals surface area contributed by atoms with Crippen LogP contribution in [0.25, 0.3) is 0 Å². The van der Waals surface area contributed by atoms with Gasteiger partial charge in [0.2, 0.25) is 0 Å². The maximum absolute atomic E-state index is 12.5. The Morgan fingerprint density at radius 3 is 2.38 bits per heavy atom. The van der Waals surface area contributed by atoms with E-state index >= 15 is 0 Å². The van der Waals surface area contributed by atoms with Crippen molar-refractivity contribution in [2.45, 2.75) is 39.7 Å². The number of nitrogens with one attached hydrogen (secondary N) is 2. The van der Waals surface area contributed by atoms with E-state index in [1.807, 2.05) is 31.2 Å². The normalized spacial score (nSPS) is 11.5. The molecule has 0 aliphatic rings. The second-order valence-electron chi connectivity index (χ2n) is 6.05. The van der Waals surface area contributed by atoms with Crippen molar-refractivity contribution in [2.24, 2.45) is 0 Å². The number of rotatable bonds is 8. The van der Waals surface area contributed by atoms with E-state index in [0.717, 1.165) is 12.8 Å². The summed E-state index contributed by atoms with van der Waals surface area (Å²) in [5.41, 5.74) is 2.12. The summed E-state index contributed by atoms with van der Waals surface area (Å²) in [6.45, 7) is 6.34. The van der Waals surface area contributed by atoms with Gasteiger partial charge in [0.1, 0.15) is 5.75 Å². The highest BCUT2D eigenvalue weighted by atomic mass is 16.5. The van der Waals surface area contributed by atoms with Gasteiger partial charge in [-0.05, 0) is 49.6 Å². The molecule has 2 aromatic rings. The molecule has 138 valence electrons. The Balaban J connectivity index is 2.03. The van der Waals surface area contributed by atoms with Crippen molar-refractivity contribution in [1.29, 1.82) is 0 Å². The van der Waals surface area contributed by atoms with E-state index in [1.165, 1.54) is 5.56 Å². The molecule has 5 heteroatoms. The summed E-state index contributed by atoms with van der Waals surface area (Å²) >= 11 is 0. The number of benzene rings is 2. The molecule has 0 heterocycles. The number of amides is 2. The van der Waals surface area contributed by atoms with Gasteiger partial charge in [-0.3, -0.25) is 9.59 Å². The van der Waals surface area contributed by atoms with Crippen LogP contribution >= 0.6 is 0 Å². The SMILES string of the molecule is CCCNC(=O)c1ccccc1NC(=O)C(C)Oc1ccc(CC)cc1. The third-order valence-electron chi connectivity index (χ3n) is 3.98. The molecule has 0 fully saturated rings. The third kappa shape index (κ3) is 5.34. The van der Waals surface area contributed by atoms with E-state index in [9.17, 15) is 9.59 Å². The minimum atomic E-state index is -0.686. The van der Waals surface area contributed by atoms with Crippen molar-refractivity contribution in [3.63, 3.8) is 0 Å². The lowest BCUT2D eigenvalue weighted by molar-refractivity contribution is -0.122. The van der Waals surface area contributed by atoms with Crippen LogP contribution in [0.15, 0.2) is 48.5 Å². The van der Waals surface area contributed by atoms with E-state index in [4.69, 9.17) is 4.74 Å². The summed E-state index contributed by atoms with van der Waals surface area (Å²) in [5.74, 6) is 0.130. The Kier molecular flexibility index (Phi) is 7.21. The molecule has 26 heavy (non-hydrogen) atoms. The molecule has 0 bridgehead atoms. The predicted octanol–water partition coefficient (Wildman–Crippen LogP) is 3.79. The van der Waals surface area contributed by atoms with Gasteiger partial charge in [0.15, 0.2) is 6.10 Å². The minimum Gasteiger partial charge on any atom is -0.481 e. The number of hydrogen-bond donors (Lipinski definition) is 2. The molecule has 0 radical (unpaired) electrons. The average molecular weight is 354 g/mol. The van der Waals surface area contributed by atoms with Crippen LogP contribution in [0.5, 0.6) is 5.75 Å². The van der Waals surface area contributed by atoms with Gasteiger partial charge in [-0.2, -0.15) is 0 Å². The number of anilines is 1.